The van der Waals surface area contributed by atoms with Gasteiger partial charge in [-0.25, -0.2) is 23.1 Å². The summed E-state index contributed by atoms with van der Waals surface area (Å²) in [6.07, 6.45) is 2.98. The Bertz CT molecular complexity index is 650. The van der Waals surface area contributed by atoms with Crippen molar-refractivity contribution in [2.24, 2.45) is 0 Å². The number of hydrogen-bond acceptors (Lipinski definition) is 6. The van der Waals surface area contributed by atoms with Crippen molar-refractivity contribution in [2.45, 2.75) is 25.1 Å². The maximum atomic E-state index is 12.0. The summed E-state index contributed by atoms with van der Waals surface area (Å²) in [4.78, 5) is 8.71. The summed E-state index contributed by atoms with van der Waals surface area (Å²) in [5, 5.41) is 9.70. The van der Waals surface area contributed by atoms with Crippen LogP contribution in [0.2, 0.25) is 0 Å². The third-order valence-electron chi connectivity index (χ3n) is 2.36. The van der Waals surface area contributed by atoms with E-state index in [1.165, 1.54) is 29.7 Å². The molecule has 0 saturated heterocycles. The number of pyridine rings is 1. The monoisotopic (exact) mass is 299 g/mol. The summed E-state index contributed by atoms with van der Waals surface area (Å²) in [7, 11) is -3.64. The third-order valence-corrected chi connectivity index (χ3v) is 4.59. The first-order valence-electron chi connectivity index (χ1n) is 5.48. The molecule has 0 bridgehead atoms. The zero-order valence-corrected chi connectivity index (χ0v) is 11.8. The zero-order chi connectivity index (χ0) is 13.9. The highest BCUT2D eigenvalue weighted by molar-refractivity contribution is 7.89. The number of aliphatic hydroxyl groups is 1. The molecule has 2 aromatic heterocycles. The molecule has 0 unspecified atom stereocenters. The molecule has 0 radical (unpaired) electrons. The first-order valence-corrected chi connectivity index (χ1v) is 7.78. The molecule has 8 heteroatoms. The van der Waals surface area contributed by atoms with Crippen LogP contribution < -0.4 is 4.72 Å². The van der Waals surface area contributed by atoms with Crippen LogP contribution in [0, 0.1) is 6.92 Å². The Morgan fingerprint density at radius 2 is 2.11 bits per heavy atom. The predicted octanol–water partition coefficient (Wildman–Crippen LogP) is 0.817. The van der Waals surface area contributed by atoms with Crippen molar-refractivity contribution in [1.82, 2.24) is 14.7 Å². The Morgan fingerprint density at radius 1 is 1.32 bits per heavy atom. The minimum absolute atomic E-state index is 0.0639. The summed E-state index contributed by atoms with van der Waals surface area (Å²) >= 11 is 1.44. The quantitative estimate of drug-likeness (QED) is 0.852. The van der Waals surface area contributed by atoms with Crippen molar-refractivity contribution < 1.29 is 13.5 Å². The van der Waals surface area contributed by atoms with Gasteiger partial charge in [-0.05, 0) is 18.6 Å². The minimum atomic E-state index is -3.64. The first-order chi connectivity index (χ1) is 9.01. The van der Waals surface area contributed by atoms with Gasteiger partial charge in [-0.2, -0.15) is 0 Å². The van der Waals surface area contributed by atoms with Gasteiger partial charge in [0.2, 0.25) is 0 Å². The number of aliphatic hydroxyl groups excluding tert-OH is 1. The SMILES string of the molecule is Cc1ncc(CNS(=O)(=O)c2ccc(CO)cn2)s1. The number of thiazole rings is 1. The van der Waals surface area contributed by atoms with Crippen molar-refractivity contribution >= 4 is 21.4 Å². The van der Waals surface area contributed by atoms with Gasteiger partial charge in [-0.3, -0.25) is 0 Å². The lowest BCUT2D eigenvalue weighted by Crippen LogP contribution is -2.23. The Labute approximate surface area is 115 Å². The van der Waals surface area contributed by atoms with Crippen molar-refractivity contribution in [3.8, 4) is 0 Å². The lowest BCUT2D eigenvalue weighted by atomic mass is 10.3. The van der Waals surface area contributed by atoms with Crippen LogP contribution in [-0.4, -0.2) is 23.5 Å². The predicted molar refractivity (Wildman–Crippen MR) is 71.0 cm³/mol. The van der Waals surface area contributed by atoms with Crippen LogP contribution in [0.1, 0.15) is 15.4 Å². The summed E-state index contributed by atoms with van der Waals surface area (Å²) in [6, 6.07) is 2.89. The minimum Gasteiger partial charge on any atom is -0.392 e. The second-order valence-electron chi connectivity index (χ2n) is 3.83. The molecule has 0 aliphatic carbocycles. The molecule has 0 atom stereocenters. The third kappa shape index (κ3) is 3.57. The van der Waals surface area contributed by atoms with Gasteiger partial charge in [0, 0.05) is 23.8 Å². The van der Waals surface area contributed by atoms with Crippen LogP contribution >= 0.6 is 11.3 Å². The molecule has 0 fully saturated rings. The molecule has 0 spiro atoms. The lowest BCUT2D eigenvalue weighted by molar-refractivity contribution is 0.281. The Kier molecular flexibility index (Phi) is 4.25. The number of aromatic nitrogens is 2. The Hall–Kier alpha value is -1.35. The number of sulfonamides is 1. The van der Waals surface area contributed by atoms with Gasteiger partial charge in [0.15, 0.2) is 5.03 Å². The highest BCUT2D eigenvalue weighted by atomic mass is 32.2. The second-order valence-corrected chi connectivity index (χ2v) is 6.87. The number of nitrogens with zero attached hydrogens (tertiary/aromatic N) is 2. The van der Waals surface area contributed by atoms with Gasteiger partial charge in [-0.1, -0.05) is 6.07 Å². The maximum Gasteiger partial charge on any atom is 0.258 e. The average Bonchev–Trinajstić information content (AvgIpc) is 2.82. The van der Waals surface area contributed by atoms with Gasteiger partial charge in [0.05, 0.1) is 11.6 Å². The lowest BCUT2D eigenvalue weighted by Gasteiger charge is -2.05. The maximum absolute atomic E-state index is 12.0. The summed E-state index contributed by atoms with van der Waals surface area (Å²) in [5.74, 6) is 0. The fourth-order valence-corrected chi connectivity index (χ4v) is 3.15. The highest BCUT2D eigenvalue weighted by Crippen LogP contribution is 2.13. The molecular weight excluding hydrogens is 286 g/mol. The average molecular weight is 299 g/mol. The van der Waals surface area contributed by atoms with Crippen molar-refractivity contribution in [1.29, 1.82) is 0 Å². The van der Waals surface area contributed by atoms with Crippen LogP contribution in [-0.2, 0) is 23.2 Å². The number of rotatable bonds is 5. The van der Waals surface area contributed by atoms with Crippen LogP contribution in [0.5, 0.6) is 0 Å². The van der Waals surface area contributed by atoms with E-state index in [4.69, 9.17) is 5.11 Å². The van der Waals surface area contributed by atoms with E-state index >= 15 is 0 Å². The van der Waals surface area contributed by atoms with Crippen LogP contribution in [0.15, 0.2) is 29.6 Å². The molecule has 2 N–H and O–H groups in total. The smallest absolute Gasteiger partial charge is 0.258 e. The standard InChI is InChI=1S/C11H13N3O3S2/c1-8-12-5-10(18-8)6-14-19(16,17)11-3-2-9(7-15)4-13-11/h2-5,14-15H,6-7H2,1H3. The van der Waals surface area contributed by atoms with E-state index in [0.717, 1.165) is 9.88 Å². The van der Waals surface area contributed by atoms with Crippen molar-refractivity contribution in [2.75, 3.05) is 0 Å². The van der Waals surface area contributed by atoms with E-state index in [1.807, 2.05) is 6.92 Å². The molecule has 6 nitrogen and oxygen atoms in total. The van der Waals surface area contributed by atoms with Crippen LogP contribution in [0.3, 0.4) is 0 Å². The van der Waals surface area contributed by atoms with Crippen molar-refractivity contribution in [3.05, 3.63) is 40.0 Å². The van der Waals surface area contributed by atoms with E-state index in [9.17, 15) is 8.42 Å². The van der Waals surface area contributed by atoms with Gasteiger partial charge >= 0.3 is 0 Å². The molecule has 0 aromatic carbocycles. The fraction of sp³-hybridized carbons (Fsp3) is 0.273. The number of hydrogen-bond donors (Lipinski definition) is 2. The first kappa shape index (κ1) is 14.1. The van der Waals surface area contributed by atoms with E-state index in [0.29, 0.717) is 5.56 Å². The van der Waals surface area contributed by atoms with Gasteiger partial charge in [-0.15, -0.1) is 11.3 Å². The fourth-order valence-electron chi connectivity index (χ4n) is 1.39. The zero-order valence-electron chi connectivity index (χ0n) is 10.2. The molecule has 0 amide bonds. The van der Waals surface area contributed by atoms with Gasteiger partial charge in [0.25, 0.3) is 10.0 Å². The van der Waals surface area contributed by atoms with E-state index in [1.54, 1.807) is 6.20 Å². The highest BCUT2D eigenvalue weighted by Gasteiger charge is 2.15. The van der Waals surface area contributed by atoms with E-state index < -0.39 is 10.0 Å². The molecule has 19 heavy (non-hydrogen) atoms. The molecule has 0 aliphatic rings. The summed E-state index contributed by atoms with van der Waals surface area (Å²) < 4.78 is 26.4. The topological polar surface area (TPSA) is 92.2 Å². The van der Waals surface area contributed by atoms with Crippen LogP contribution in [0.4, 0.5) is 0 Å². The van der Waals surface area contributed by atoms with E-state index in [-0.39, 0.29) is 18.2 Å². The summed E-state index contributed by atoms with van der Waals surface area (Å²) in [6.45, 7) is 1.88. The largest absolute Gasteiger partial charge is 0.392 e. The molecule has 102 valence electrons. The second kappa shape index (κ2) is 5.74. The molecule has 2 rings (SSSR count). The number of aryl methyl sites for hydroxylation is 1. The molecule has 2 heterocycles. The van der Waals surface area contributed by atoms with Crippen molar-refractivity contribution in [3.63, 3.8) is 0 Å². The van der Waals surface area contributed by atoms with Gasteiger partial charge < -0.3 is 5.11 Å². The molecule has 2 aromatic rings. The molecule has 0 aliphatic heterocycles. The molecule has 0 saturated carbocycles. The van der Waals surface area contributed by atoms with Gasteiger partial charge in [0.1, 0.15) is 0 Å². The summed E-state index contributed by atoms with van der Waals surface area (Å²) in [5.41, 5.74) is 0.567. The number of nitrogens with one attached hydrogen (secondary N) is 1. The van der Waals surface area contributed by atoms with E-state index in [2.05, 4.69) is 14.7 Å². The normalized spacial score (nSPS) is 11.7. The Morgan fingerprint density at radius 3 is 2.63 bits per heavy atom. The Balaban J connectivity index is 2.09. The van der Waals surface area contributed by atoms with Crippen LogP contribution in [0.25, 0.3) is 0 Å². The molecular formula is C11H13N3O3S2.